The molecule has 1 saturated heterocycles. The lowest BCUT2D eigenvalue weighted by molar-refractivity contribution is -0.143. The lowest BCUT2D eigenvalue weighted by Crippen LogP contribution is -2.32. The lowest BCUT2D eigenvalue weighted by Gasteiger charge is -2.25. The van der Waals surface area contributed by atoms with Crippen molar-refractivity contribution < 1.29 is 19.4 Å². The van der Waals surface area contributed by atoms with Crippen LogP contribution in [0, 0.1) is 0 Å². The van der Waals surface area contributed by atoms with Crippen LogP contribution in [0.25, 0.3) is 0 Å². The summed E-state index contributed by atoms with van der Waals surface area (Å²) in [6.07, 6.45) is 4.39. The first-order valence-corrected chi connectivity index (χ1v) is 7.29. The van der Waals surface area contributed by atoms with Crippen molar-refractivity contribution in [1.82, 2.24) is 0 Å². The van der Waals surface area contributed by atoms with E-state index < -0.39 is 11.4 Å². The third-order valence-electron chi connectivity index (χ3n) is 4.44. The molecule has 1 atom stereocenters. The van der Waals surface area contributed by atoms with Gasteiger partial charge in [0.1, 0.15) is 11.9 Å². The number of carbonyl (C=O) groups is 1. The highest BCUT2D eigenvalue weighted by atomic mass is 16.5. The lowest BCUT2D eigenvalue weighted by atomic mass is 9.79. The Balaban J connectivity index is 1.84. The summed E-state index contributed by atoms with van der Waals surface area (Å²) in [5.74, 6) is 0.0434. The molecule has 0 bridgehead atoms. The summed E-state index contributed by atoms with van der Waals surface area (Å²) in [6, 6.07) is 7.60. The third-order valence-corrected chi connectivity index (χ3v) is 4.44. The standard InChI is InChI=1S/C16H20O4/c17-15(18)16(7-1-2-8-16)12-4-3-5-13(10-12)20-14-6-9-19-11-14/h3-5,10,14H,1-2,6-9,11H2,(H,17,18). The molecule has 0 spiro atoms. The van der Waals surface area contributed by atoms with Crippen LogP contribution in [-0.2, 0) is 14.9 Å². The number of rotatable bonds is 4. The van der Waals surface area contributed by atoms with Crippen molar-refractivity contribution >= 4 is 5.97 Å². The van der Waals surface area contributed by atoms with Gasteiger partial charge in [-0.3, -0.25) is 4.79 Å². The Morgan fingerprint density at radius 1 is 1.35 bits per heavy atom. The van der Waals surface area contributed by atoms with E-state index in [0.29, 0.717) is 6.61 Å². The zero-order valence-corrected chi connectivity index (χ0v) is 11.5. The second-order valence-corrected chi connectivity index (χ2v) is 5.73. The van der Waals surface area contributed by atoms with E-state index in [4.69, 9.17) is 9.47 Å². The average Bonchev–Trinajstić information content (AvgIpc) is 3.10. The molecule has 1 heterocycles. The molecule has 4 nitrogen and oxygen atoms in total. The van der Waals surface area contributed by atoms with E-state index in [2.05, 4.69) is 0 Å². The molecule has 4 heteroatoms. The molecule has 0 radical (unpaired) electrons. The summed E-state index contributed by atoms with van der Waals surface area (Å²) >= 11 is 0. The highest BCUT2D eigenvalue weighted by Gasteiger charge is 2.43. The summed E-state index contributed by atoms with van der Waals surface area (Å²) < 4.78 is 11.2. The maximum atomic E-state index is 11.7. The van der Waals surface area contributed by atoms with E-state index in [1.807, 2.05) is 24.3 Å². The molecule has 20 heavy (non-hydrogen) atoms. The van der Waals surface area contributed by atoms with Crippen LogP contribution >= 0.6 is 0 Å². The molecule has 108 valence electrons. The quantitative estimate of drug-likeness (QED) is 0.918. The molecule has 1 saturated carbocycles. The molecule has 1 aliphatic heterocycles. The van der Waals surface area contributed by atoms with Crippen molar-refractivity contribution in [3.8, 4) is 5.75 Å². The van der Waals surface area contributed by atoms with Gasteiger partial charge in [-0.2, -0.15) is 0 Å². The third kappa shape index (κ3) is 2.40. The van der Waals surface area contributed by atoms with E-state index in [-0.39, 0.29) is 6.10 Å². The van der Waals surface area contributed by atoms with Gasteiger partial charge in [0.2, 0.25) is 0 Å². The maximum Gasteiger partial charge on any atom is 0.314 e. The van der Waals surface area contributed by atoms with Gasteiger partial charge < -0.3 is 14.6 Å². The van der Waals surface area contributed by atoms with Gasteiger partial charge in [0.05, 0.1) is 18.6 Å². The topological polar surface area (TPSA) is 55.8 Å². The van der Waals surface area contributed by atoms with Gasteiger partial charge in [-0.25, -0.2) is 0 Å². The van der Waals surface area contributed by atoms with Gasteiger partial charge in [-0.05, 0) is 30.5 Å². The molecule has 1 unspecified atom stereocenters. The minimum Gasteiger partial charge on any atom is -0.488 e. The number of ether oxygens (including phenoxy) is 2. The van der Waals surface area contributed by atoms with E-state index in [1.54, 1.807) is 0 Å². The van der Waals surface area contributed by atoms with Gasteiger partial charge in [0, 0.05) is 6.42 Å². The Hall–Kier alpha value is -1.55. The van der Waals surface area contributed by atoms with Crippen LogP contribution in [0.15, 0.2) is 24.3 Å². The minimum absolute atomic E-state index is 0.0922. The fraction of sp³-hybridized carbons (Fsp3) is 0.562. The van der Waals surface area contributed by atoms with Crippen LogP contribution in [0.4, 0.5) is 0 Å². The number of benzene rings is 1. The summed E-state index contributed by atoms with van der Waals surface area (Å²) in [4.78, 5) is 11.7. The number of carboxylic acids is 1. The monoisotopic (exact) mass is 276 g/mol. The Kier molecular flexibility index (Phi) is 3.66. The van der Waals surface area contributed by atoms with Gasteiger partial charge in [-0.15, -0.1) is 0 Å². The smallest absolute Gasteiger partial charge is 0.314 e. The van der Waals surface area contributed by atoms with E-state index in [0.717, 1.165) is 50.0 Å². The molecular formula is C16H20O4. The maximum absolute atomic E-state index is 11.7. The van der Waals surface area contributed by atoms with Gasteiger partial charge in [0.25, 0.3) is 0 Å². The predicted molar refractivity (Wildman–Crippen MR) is 74.1 cm³/mol. The molecule has 3 rings (SSSR count). The SMILES string of the molecule is O=C(O)C1(c2cccc(OC3CCOC3)c2)CCCC1. The average molecular weight is 276 g/mol. The van der Waals surface area contributed by atoms with E-state index >= 15 is 0 Å². The zero-order chi connectivity index (χ0) is 14.0. The van der Waals surface area contributed by atoms with Gasteiger partial charge >= 0.3 is 5.97 Å². The number of hydrogen-bond acceptors (Lipinski definition) is 3. The summed E-state index contributed by atoms with van der Waals surface area (Å²) in [5.41, 5.74) is 0.157. The fourth-order valence-electron chi connectivity index (χ4n) is 3.27. The van der Waals surface area contributed by atoms with E-state index in [9.17, 15) is 9.90 Å². The highest BCUT2D eigenvalue weighted by Crippen LogP contribution is 2.42. The largest absolute Gasteiger partial charge is 0.488 e. The van der Waals surface area contributed by atoms with Crippen molar-refractivity contribution in [3.63, 3.8) is 0 Å². The Bertz CT molecular complexity index is 485. The molecule has 2 fully saturated rings. The van der Waals surface area contributed by atoms with Crippen LogP contribution < -0.4 is 4.74 Å². The fourth-order valence-corrected chi connectivity index (χ4v) is 3.27. The second-order valence-electron chi connectivity index (χ2n) is 5.73. The van der Waals surface area contributed by atoms with Crippen molar-refractivity contribution in [1.29, 1.82) is 0 Å². The Labute approximate surface area is 118 Å². The zero-order valence-electron chi connectivity index (χ0n) is 11.5. The molecule has 1 N–H and O–H groups in total. The van der Waals surface area contributed by atoms with Crippen molar-refractivity contribution in [3.05, 3.63) is 29.8 Å². The van der Waals surface area contributed by atoms with Crippen LogP contribution in [0.5, 0.6) is 5.75 Å². The van der Waals surface area contributed by atoms with Crippen molar-refractivity contribution in [2.75, 3.05) is 13.2 Å². The molecular weight excluding hydrogens is 256 g/mol. The predicted octanol–water partition coefficient (Wildman–Crippen LogP) is 2.75. The van der Waals surface area contributed by atoms with Gasteiger partial charge in [-0.1, -0.05) is 25.0 Å². The molecule has 1 aromatic rings. The molecule has 0 amide bonds. The van der Waals surface area contributed by atoms with Crippen molar-refractivity contribution in [2.45, 2.75) is 43.6 Å². The van der Waals surface area contributed by atoms with E-state index in [1.165, 1.54) is 0 Å². The molecule has 2 aliphatic rings. The summed E-state index contributed by atoms with van der Waals surface area (Å²) in [7, 11) is 0. The Morgan fingerprint density at radius 2 is 2.15 bits per heavy atom. The number of carboxylic acid groups (broad SMARTS) is 1. The summed E-state index contributed by atoms with van der Waals surface area (Å²) in [5, 5.41) is 9.63. The molecule has 1 aromatic carbocycles. The highest BCUT2D eigenvalue weighted by molar-refractivity contribution is 5.82. The van der Waals surface area contributed by atoms with Crippen molar-refractivity contribution in [2.24, 2.45) is 0 Å². The molecule has 1 aliphatic carbocycles. The van der Waals surface area contributed by atoms with Crippen LogP contribution in [-0.4, -0.2) is 30.4 Å². The first-order valence-electron chi connectivity index (χ1n) is 7.29. The van der Waals surface area contributed by atoms with Crippen LogP contribution in [0.1, 0.15) is 37.7 Å². The first-order chi connectivity index (χ1) is 9.71. The van der Waals surface area contributed by atoms with Gasteiger partial charge in [0.15, 0.2) is 0 Å². The normalized spacial score (nSPS) is 24.7. The van der Waals surface area contributed by atoms with Crippen LogP contribution in [0.2, 0.25) is 0 Å². The number of hydrogen-bond donors (Lipinski definition) is 1. The summed E-state index contributed by atoms with van der Waals surface area (Å²) in [6.45, 7) is 1.36. The number of aliphatic carboxylic acids is 1. The second kappa shape index (κ2) is 5.44. The van der Waals surface area contributed by atoms with Crippen LogP contribution in [0.3, 0.4) is 0 Å². The first kappa shape index (κ1) is 13.4. The molecule has 0 aromatic heterocycles. The minimum atomic E-state index is -0.717. The Morgan fingerprint density at radius 3 is 2.80 bits per heavy atom.